The number of allylic oxidation sites excluding steroid dienone is 8. The Morgan fingerprint density at radius 1 is 0.339 bits per heavy atom. The van der Waals surface area contributed by atoms with E-state index in [9.17, 15) is 14.4 Å². The molecule has 0 amide bonds. The van der Waals surface area contributed by atoms with Crippen LogP contribution in [0, 0.1) is 0 Å². The van der Waals surface area contributed by atoms with Gasteiger partial charge in [-0.3, -0.25) is 14.4 Å². The number of carbonyl (C=O) groups excluding carboxylic acids is 3. The molecule has 1 atom stereocenters. The number of unbranched alkanes of at least 4 members (excludes halogenated alkanes) is 26. The van der Waals surface area contributed by atoms with Crippen LogP contribution >= 0.6 is 0 Å². The fraction of sp³-hybridized carbons (Fsp3) is 0.792. The van der Waals surface area contributed by atoms with Crippen LogP contribution in [0.2, 0.25) is 0 Å². The standard InChI is InChI=1S/C53H94O6/c1-4-7-10-13-16-19-22-25-26-29-31-34-37-40-43-46-52(55)58-49-50(59-53(56)47-44-41-38-35-32-28-24-21-18-15-12-9-6-3)48-57-51(54)45-42-39-36-33-30-27-23-20-17-14-11-8-5-2/h27-28,30,32,36,38-39,41,50H,4-26,29,31,33-35,37,40,42-49H2,1-3H3/b30-27+,32-28+,39-36+,41-38+. The van der Waals surface area contributed by atoms with E-state index in [1.165, 1.54) is 154 Å². The van der Waals surface area contributed by atoms with E-state index in [2.05, 4.69) is 57.2 Å². The van der Waals surface area contributed by atoms with Crippen molar-refractivity contribution in [2.45, 2.75) is 258 Å². The minimum atomic E-state index is -0.822. The predicted molar refractivity (Wildman–Crippen MR) is 252 cm³/mol. The van der Waals surface area contributed by atoms with Gasteiger partial charge in [-0.15, -0.1) is 0 Å². The highest BCUT2D eigenvalue weighted by molar-refractivity contribution is 5.71. The van der Waals surface area contributed by atoms with Gasteiger partial charge in [0.2, 0.25) is 0 Å². The minimum Gasteiger partial charge on any atom is -0.462 e. The molecule has 0 rings (SSSR count). The molecular weight excluding hydrogens is 733 g/mol. The van der Waals surface area contributed by atoms with Gasteiger partial charge in [-0.1, -0.05) is 223 Å². The summed E-state index contributed by atoms with van der Waals surface area (Å²) in [6.07, 6.45) is 56.9. The highest BCUT2D eigenvalue weighted by atomic mass is 16.6. The Morgan fingerprint density at radius 3 is 1.03 bits per heavy atom. The molecule has 59 heavy (non-hydrogen) atoms. The molecule has 0 saturated carbocycles. The first-order valence-electron chi connectivity index (χ1n) is 25.1. The first-order valence-corrected chi connectivity index (χ1v) is 25.1. The quantitative estimate of drug-likeness (QED) is 0.0263. The molecule has 0 aromatic rings. The molecular formula is C53H94O6. The van der Waals surface area contributed by atoms with Gasteiger partial charge < -0.3 is 14.2 Å². The lowest BCUT2D eigenvalue weighted by Crippen LogP contribution is -2.30. The lowest BCUT2D eigenvalue weighted by molar-refractivity contribution is -0.166. The number of rotatable bonds is 45. The Labute approximate surface area is 365 Å². The molecule has 0 aromatic heterocycles. The summed E-state index contributed by atoms with van der Waals surface area (Å²) in [6.45, 7) is 6.53. The van der Waals surface area contributed by atoms with Crippen LogP contribution in [-0.4, -0.2) is 37.2 Å². The Hall–Kier alpha value is -2.63. The summed E-state index contributed by atoms with van der Waals surface area (Å²) in [7, 11) is 0. The molecule has 0 spiro atoms. The van der Waals surface area contributed by atoms with Crippen molar-refractivity contribution in [2.75, 3.05) is 13.2 Å². The van der Waals surface area contributed by atoms with Crippen molar-refractivity contribution in [2.24, 2.45) is 0 Å². The fourth-order valence-electron chi connectivity index (χ4n) is 7.02. The molecule has 0 bridgehead atoms. The van der Waals surface area contributed by atoms with Crippen LogP contribution in [0.4, 0.5) is 0 Å². The number of hydrogen-bond donors (Lipinski definition) is 0. The van der Waals surface area contributed by atoms with E-state index >= 15 is 0 Å². The molecule has 6 nitrogen and oxygen atoms in total. The molecule has 0 heterocycles. The second-order valence-corrected chi connectivity index (χ2v) is 16.7. The molecule has 0 aliphatic carbocycles. The Balaban J connectivity index is 4.48. The second-order valence-electron chi connectivity index (χ2n) is 16.7. The van der Waals surface area contributed by atoms with Gasteiger partial charge >= 0.3 is 17.9 Å². The van der Waals surface area contributed by atoms with Crippen molar-refractivity contribution in [3.63, 3.8) is 0 Å². The summed E-state index contributed by atoms with van der Waals surface area (Å²) in [4.78, 5) is 37.8. The summed E-state index contributed by atoms with van der Waals surface area (Å²) in [5.41, 5.74) is 0. The maximum Gasteiger partial charge on any atom is 0.306 e. The van der Waals surface area contributed by atoms with Gasteiger partial charge in [-0.05, 0) is 57.8 Å². The number of ether oxygens (including phenoxy) is 3. The highest BCUT2D eigenvalue weighted by Crippen LogP contribution is 2.15. The Bertz CT molecular complexity index is 1040. The third-order valence-corrected chi connectivity index (χ3v) is 10.8. The number of carbonyl (C=O) groups is 3. The van der Waals surface area contributed by atoms with Gasteiger partial charge in [0.25, 0.3) is 0 Å². The van der Waals surface area contributed by atoms with Crippen LogP contribution in [0.15, 0.2) is 48.6 Å². The molecule has 0 aliphatic heterocycles. The SMILES string of the molecule is CCCCCCCC/C=C/C/C=C/CCC(=O)OCC(COC(=O)CCCCCCCCCCCCCCCCC)OC(=O)CC/C=C/C/C=C/CCCCCCCC. The van der Waals surface area contributed by atoms with Gasteiger partial charge in [0.15, 0.2) is 6.10 Å². The average molecular weight is 827 g/mol. The van der Waals surface area contributed by atoms with Crippen LogP contribution in [-0.2, 0) is 28.6 Å². The van der Waals surface area contributed by atoms with Crippen molar-refractivity contribution in [1.29, 1.82) is 0 Å². The zero-order valence-electron chi connectivity index (χ0n) is 39.0. The van der Waals surface area contributed by atoms with Crippen molar-refractivity contribution in [3.05, 3.63) is 48.6 Å². The van der Waals surface area contributed by atoms with Gasteiger partial charge in [-0.25, -0.2) is 0 Å². The van der Waals surface area contributed by atoms with E-state index in [4.69, 9.17) is 14.2 Å². The van der Waals surface area contributed by atoms with E-state index in [-0.39, 0.29) is 44.0 Å². The Morgan fingerprint density at radius 2 is 0.644 bits per heavy atom. The zero-order valence-corrected chi connectivity index (χ0v) is 39.0. The highest BCUT2D eigenvalue weighted by Gasteiger charge is 2.19. The molecule has 0 aliphatic rings. The topological polar surface area (TPSA) is 78.9 Å². The predicted octanol–water partition coefficient (Wildman–Crippen LogP) is 16.3. The van der Waals surface area contributed by atoms with Gasteiger partial charge in [0, 0.05) is 19.3 Å². The average Bonchev–Trinajstić information content (AvgIpc) is 3.23. The maximum absolute atomic E-state index is 12.7. The minimum absolute atomic E-state index is 0.110. The van der Waals surface area contributed by atoms with Gasteiger partial charge in [0.05, 0.1) is 0 Å². The van der Waals surface area contributed by atoms with E-state index in [1.54, 1.807) is 0 Å². The van der Waals surface area contributed by atoms with Crippen LogP contribution in [0.3, 0.4) is 0 Å². The molecule has 0 aromatic carbocycles. The van der Waals surface area contributed by atoms with Crippen molar-refractivity contribution in [1.82, 2.24) is 0 Å². The largest absolute Gasteiger partial charge is 0.462 e. The zero-order chi connectivity index (χ0) is 43.0. The molecule has 0 radical (unpaired) electrons. The third kappa shape index (κ3) is 46.3. The monoisotopic (exact) mass is 827 g/mol. The third-order valence-electron chi connectivity index (χ3n) is 10.8. The smallest absolute Gasteiger partial charge is 0.306 e. The molecule has 0 N–H and O–H groups in total. The number of esters is 3. The summed E-state index contributed by atoms with van der Waals surface area (Å²) < 4.78 is 16.6. The van der Waals surface area contributed by atoms with Crippen LogP contribution in [0.1, 0.15) is 252 Å². The van der Waals surface area contributed by atoms with Gasteiger partial charge in [-0.2, -0.15) is 0 Å². The second kappa shape index (κ2) is 48.0. The normalized spacial score (nSPS) is 12.4. The summed E-state index contributed by atoms with van der Waals surface area (Å²) in [6, 6.07) is 0. The lowest BCUT2D eigenvalue weighted by Gasteiger charge is -2.18. The van der Waals surface area contributed by atoms with Crippen LogP contribution in [0.25, 0.3) is 0 Å². The molecule has 6 heteroatoms. The summed E-state index contributed by atoms with van der Waals surface area (Å²) in [5.74, 6) is -1.04. The van der Waals surface area contributed by atoms with Crippen LogP contribution < -0.4 is 0 Å². The van der Waals surface area contributed by atoms with Crippen molar-refractivity contribution >= 4 is 17.9 Å². The Kier molecular flexibility index (Phi) is 45.9. The van der Waals surface area contributed by atoms with E-state index < -0.39 is 6.10 Å². The molecule has 0 saturated heterocycles. The number of hydrogen-bond acceptors (Lipinski definition) is 6. The first kappa shape index (κ1) is 56.4. The van der Waals surface area contributed by atoms with Crippen LogP contribution in [0.5, 0.6) is 0 Å². The van der Waals surface area contributed by atoms with E-state index in [0.717, 1.165) is 44.9 Å². The summed E-state index contributed by atoms with van der Waals surface area (Å²) in [5, 5.41) is 0. The summed E-state index contributed by atoms with van der Waals surface area (Å²) >= 11 is 0. The molecule has 0 fully saturated rings. The molecule has 342 valence electrons. The lowest BCUT2D eigenvalue weighted by atomic mass is 10.0. The van der Waals surface area contributed by atoms with E-state index in [0.29, 0.717) is 19.3 Å². The molecule has 1 unspecified atom stereocenters. The maximum atomic E-state index is 12.7. The van der Waals surface area contributed by atoms with Crippen molar-refractivity contribution < 1.29 is 28.6 Å². The van der Waals surface area contributed by atoms with Crippen molar-refractivity contribution in [3.8, 4) is 0 Å². The van der Waals surface area contributed by atoms with Gasteiger partial charge in [0.1, 0.15) is 13.2 Å². The first-order chi connectivity index (χ1) is 29.0. The van der Waals surface area contributed by atoms with E-state index in [1.807, 2.05) is 12.2 Å². The fourth-order valence-corrected chi connectivity index (χ4v) is 7.02.